The lowest BCUT2D eigenvalue weighted by Crippen LogP contribution is -2.63. The molecule has 5 heteroatoms. The molecular weight excluding hydrogens is 374 g/mol. The maximum atomic E-state index is 13.5. The molecule has 1 aromatic heterocycles. The van der Waals surface area contributed by atoms with Gasteiger partial charge in [-0.05, 0) is 30.0 Å². The standard InChI is InChI=1S/C25H27N3O2/c1-15(2)13-27-14-22(29)28-21(25(27)30)12-19-18-6-4-5-7-20(18)26-23(19)24(28)17-10-8-16(3)9-11-17/h4-11,15,21,24,26H,12-14H2,1-3H3/t21-,24-/m0/s1. The second kappa shape index (κ2) is 7.01. The first kappa shape index (κ1) is 18.9. The molecule has 1 saturated heterocycles. The molecular formula is C25H27N3O2. The van der Waals surface area contributed by atoms with E-state index in [9.17, 15) is 9.59 Å². The molecule has 0 saturated carbocycles. The highest BCUT2D eigenvalue weighted by molar-refractivity contribution is 5.97. The summed E-state index contributed by atoms with van der Waals surface area (Å²) >= 11 is 0. The summed E-state index contributed by atoms with van der Waals surface area (Å²) in [5.74, 6) is 0.417. The van der Waals surface area contributed by atoms with Crippen molar-refractivity contribution in [3.8, 4) is 0 Å². The number of amides is 2. The van der Waals surface area contributed by atoms with Crippen LogP contribution in [0.1, 0.15) is 42.3 Å². The number of aryl methyl sites for hydroxylation is 1. The number of benzene rings is 2. The van der Waals surface area contributed by atoms with Gasteiger partial charge in [-0.25, -0.2) is 0 Å². The number of H-pyrrole nitrogens is 1. The third-order valence-corrected chi connectivity index (χ3v) is 6.32. The Morgan fingerprint density at radius 3 is 2.53 bits per heavy atom. The topological polar surface area (TPSA) is 56.4 Å². The average molecular weight is 402 g/mol. The number of hydrogen-bond acceptors (Lipinski definition) is 2. The third kappa shape index (κ3) is 2.92. The van der Waals surface area contributed by atoms with Gasteiger partial charge in [-0.15, -0.1) is 0 Å². The van der Waals surface area contributed by atoms with E-state index in [0.29, 0.717) is 18.9 Å². The molecule has 154 valence electrons. The number of para-hydroxylation sites is 1. The molecule has 5 rings (SSSR count). The summed E-state index contributed by atoms with van der Waals surface area (Å²) in [6.45, 7) is 6.99. The molecule has 2 aliphatic heterocycles. The van der Waals surface area contributed by atoms with Crippen molar-refractivity contribution in [3.05, 3.63) is 70.9 Å². The zero-order valence-electron chi connectivity index (χ0n) is 17.7. The summed E-state index contributed by atoms with van der Waals surface area (Å²) in [5.41, 5.74) is 5.46. The Labute approximate surface area is 176 Å². The number of aromatic amines is 1. The zero-order chi connectivity index (χ0) is 21.0. The minimum atomic E-state index is -0.456. The summed E-state index contributed by atoms with van der Waals surface area (Å²) in [6.07, 6.45) is 0.556. The highest BCUT2D eigenvalue weighted by Gasteiger charge is 2.48. The van der Waals surface area contributed by atoms with Crippen molar-refractivity contribution >= 4 is 22.7 Å². The van der Waals surface area contributed by atoms with Crippen LogP contribution in [0.5, 0.6) is 0 Å². The molecule has 2 aromatic carbocycles. The second-order valence-corrected chi connectivity index (χ2v) is 9.01. The maximum Gasteiger partial charge on any atom is 0.246 e. The average Bonchev–Trinajstić information content (AvgIpc) is 3.09. The maximum absolute atomic E-state index is 13.5. The molecule has 1 N–H and O–H groups in total. The lowest BCUT2D eigenvalue weighted by molar-refractivity contribution is -0.159. The second-order valence-electron chi connectivity index (χ2n) is 9.01. The van der Waals surface area contributed by atoms with E-state index in [4.69, 9.17) is 0 Å². The first-order valence-electron chi connectivity index (χ1n) is 10.7. The number of rotatable bonds is 3. The fourth-order valence-corrected chi connectivity index (χ4v) is 5.01. The smallest absolute Gasteiger partial charge is 0.246 e. The quantitative estimate of drug-likeness (QED) is 0.725. The number of piperazine rings is 1. The van der Waals surface area contributed by atoms with Gasteiger partial charge >= 0.3 is 0 Å². The van der Waals surface area contributed by atoms with Crippen LogP contribution in [-0.2, 0) is 16.0 Å². The Kier molecular flexibility index (Phi) is 4.42. The van der Waals surface area contributed by atoms with E-state index in [1.165, 1.54) is 5.56 Å². The molecule has 0 bridgehead atoms. The molecule has 2 atom stereocenters. The zero-order valence-corrected chi connectivity index (χ0v) is 17.7. The van der Waals surface area contributed by atoms with E-state index in [1.54, 1.807) is 4.90 Å². The molecule has 2 aliphatic rings. The largest absolute Gasteiger partial charge is 0.356 e. The van der Waals surface area contributed by atoms with E-state index in [1.807, 2.05) is 17.0 Å². The van der Waals surface area contributed by atoms with Crippen LogP contribution >= 0.6 is 0 Å². The van der Waals surface area contributed by atoms with Crippen molar-refractivity contribution in [2.45, 2.75) is 39.3 Å². The Balaban J connectivity index is 1.68. The van der Waals surface area contributed by atoms with Crippen molar-refractivity contribution in [2.24, 2.45) is 5.92 Å². The SMILES string of the molecule is Cc1ccc([C@H]2c3[nH]c4ccccc4c3C[C@H]3C(=O)N(CC(C)C)CC(=O)N23)cc1. The van der Waals surface area contributed by atoms with Gasteiger partial charge in [-0.3, -0.25) is 9.59 Å². The van der Waals surface area contributed by atoms with Gasteiger partial charge in [0.2, 0.25) is 11.8 Å². The van der Waals surface area contributed by atoms with Crippen molar-refractivity contribution in [2.75, 3.05) is 13.1 Å². The number of carbonyl (C=O) groups is 2. The monoisotopic (exact) mass is 401 g/mol. The molecule has 0 radical (unpaired) electrons. The fourth-order valence-electron chi connectivity index (χ4n) is 5.01. The van der Waals surface area contributed by atoms with Gasteiger partial charge in [-0.2, -0.15) is 0 Å². The lowest BCUT2D eigenvalue weighted by atomic mass is 9.86. The summed E-state index contributed by atoms with van der Waals surface area (Å²) in [7, 11) is 0. The predicted octanol–water partition coefficient (Wildman–Crippen LogP) is 3.82. The van der Waals surface area contributed by atoms with E-state index < -0.39 is 6.04 Å². The van der Waals surface area contributed by atoms with E-state index in [-0.39, 0.29) is 24.4 Å². The molecule has 1 fully saturated rings. The Hall–Kier alpha value is -3.08. The van der Waals surface area contributed by atoms with Gasteiger partial charge in [0.15, 0.2) is 0 Å². The molecule has 2 amide bonds. The summed E-state index contributed by atoms with van der Waals surface area (Å²) in [6, 6.07) is 15.8. The van der Waals surface area contributed by atoms with Crippen molar-refractivity contribution in [1.29, 1.82) is 0 Å². The normalized spacial score (nSPS) is 21.3. The molecule has 0 aliphatic carbocycles. The molecule has 3 aromatic rings. The Morgan fingerprint density at radius 2 is 1.80 bits per heavy atom. The van der Waals surface area contributed by atoms with Crippen molar-refractivity contribution < 1.29 is 9.59 Å². The Bertz CT molecular complexity index is 1130. The van der Waals surface area contributed by atoms with Crippen LogP contribution in [-0.4, -0.2) is 45.7 Å². The van der Waals surface area contributed by atoms with Gasteiger partial charge in [-0.1, -0.05) is 61.9 Å². The molecule has 0 spiro atoms. The molecule has 5 nitrogen and oxygen atoms in total. The van der Waals surface area contributed by atoms with Crippen LogP contribution in [0.15, 0.2) is 48.5 Å². The predicted molar refractivity (Wildman–Crippen MR) is 117 cm³/mol. The number of nitrogens with zero attached hydrogens (tertiary/aromatic N) is 2. The van der Waals surface area contributed by atoms with Gasteiger partial charge in [0.05, 0.1) is 12.6 Å². The summed E-state index contributed by atoms with van der Waals surface area (Å²) in [4.78, 5) is 34.0. The van der Waals surface area contributed by atoms with Crippen LogP contribution < -0.4 is 0 Å². The fraction of sp³-hybridized carbons (Fsp3) is 0.360. The minimum Gasteiger partial charge on any atom is -0.356 e. The minimum absolute atomic E-state index is 0.0233. The highest BCUT2D eigenvalue weighted by Crippen LogP contribution is 2.42. The lowest BCUT2D eigenvalue weighted by Gasteiger charge is -2.47. The molecule has 3 heterocycles. The van der Waals surface area contributed by atoms with Crippen LogP contribution in [0.3, 0.4) is 0 Å². The Morgan fingerprint density at radius 1 is 1.07 bits per heavy atom. The molecule has 0 unspecified atom stereocenters. The number of aromatic nitrogens is 1. The van der Waals surface area contributed by atoms with Gasteiger partial charge in [0.25, 0.3) is 0 Å². The number of carbonyl (C=O) groups excluding carboxylic acids is 2. The first-order valence-corrected chi connectivity index (χ1v) is 10.7. The third-order valence-electron chi connectivity index (χ3n) is 6.32. The highest BCUT2D eigenvalue weighted by atomic mass is 16.2. The van der Waals surface area contributed by atoms with Crippen LogP contribution in [0, 0.1) is 12.8 Å². The van der Waals surface area contributed by atoms with Crippen molar-refractivity contribution in [1.82, 2.24) is 14.8 Å². The summed E-state index contributed by atoms with van der Waals surface area (Å²) in [5, 5.41) is 1.14. The summed E-state index contributed by atoms with van der Waals surface area (Å²) < 4.78 is 0. The number of nitrogens with one attached hydrogen (secondary N) is 1. The van der Waals surface area contributed by atoms with E-state index in [0.717, 1.165) is 27.7 Å². The van der Waals surface area contributed by atoms with Gasteiger partial charge < -0.3 is 14.8 Å². The number of fused-ring (bicyclic) bond motifs is 4. The van der Waals surface area contributed by atoms with Crippen LogP contribution in [0.4, 0.5) is 0 Å². The first-order chi connectivity index (χ1) is 14.4. The van der Waals surface area contributed by atoms with Crippen molar-refractivity contribution in [3.63, 3.8) is 0 Å². The van der Waals surface area contributed by atoms with Gasteiger partial charge in [0, 0.05) is 29.6 Å². The van der Waals surface area contributed by atoms with E-state index >= 15 is 0 Å². The molecule has 30 heavy (non-hydrogen) atoms. The van der Waals surface area contributed by atoms with Gasteiger partial charge in [0.1, 0.15) is 6.04 Å². The van der Waals surface area contributed by atoms with E-state index in [2.05, 4.69) is 62.2 Å². The van der Waals surface area contributed by atoms with Crippen LogP contribution in [0.2, 0.25) is 0 Å². The van der Waals surface area contributed by atoms with Crippen LogP contribution in [0.25, 0.3) is 10.9 Å². The number of hydrogen-bond donors (Lipinski definition) is 1.